The lowest BCUT2D eigenvalue weighted by Gasteiger charge is -2.31. The van der Waals surface area contributed by atoms with Crippen LogP contribution >= 0.6 is 0 Å². The Hall–Kier alpha value is -1.80. The summed E-state index contributed by atoms with van der Waals surface area (Å²) in [5, 5.41) is 10.9. The molecular formula is C19H22O2. The lowest BCUT2D eigenvalue weighted by Crippen LogP contribution is -2.26. The standard InChI is InChI=1S/C19H22O2/c1-13-11-15-12-14(9-10-17(15)21-13)18(20)19(2,3)16-7-5-4-6-8-16/h4-10,12-13,18,20H,11H2,1-3H3. The van der Waals surface area contributed by atoms with Gasteiger partial charge in [-0.05, 0) is 35.7 Å². The zero-order valence-electron chi connectivity index (χ0n) is 12.8. The summed E-state index contributed by atoms with van der Waals surface area (Å²) in [4.78, 5) is 0. The molecule has 110 valence electrons. The van der Waals surface area contributed by atoms with Gasteiger partial charge in [-0.1, -0.05) is 50.2 Å². The SMILES string of the molecule is CC1Cc2cc(C(O)C(C)(C)c3ccccc3)ccc2O1. The van der Waals surface area contributed by atoms with Crippen molar-refractivity contribution in [1.82, 2.24) is 0 Å². The van der Waals surface area contributed by atoms with Crippen LogP contribution in [0.5, 0.6) is 5.75 Å². The Labute approximate surface area is 126 Å². The van der Waals surface area contributed by atoms with E-state index in [9.17, 15) is 5.11 Å². The van der Waals surface area contributed by atoms with Crippen molar-refractivity contribution in [3.63, 3.8) is 0 Å². The number of aliphatic hydroxyl groups excluding tert-OH is 1. The highest BCUT2D eigenvalue weighted by Gasteiger charge is 2.32. The molecule has 0 bridgehead atoms. The molecule has 0 saturated heterocycles. The van der Waals surface area contributed by atoms with Gasteiger partial charge in [0.15, 0.2) is 0 Å². The van der Waals surface area contributed by atoms with Crippen molar-refractivity contribution < 1.29 is 9.84 Å². The molecule has 1 N–H and O–H groups in total. The third-order valence-corrected chi connectivity index (χ3v) is 4.44. The molecule has 2 aromatic carbocycles. The maximum Gasteiger partial charge on any atom is 0.123 e. The zero-order valence-corrected chi connectivity index (χ0v) is 12.8. The van der Waals surface area contributed by atoms with Crippen molar-refractivity contribution in [3.05, 3.63) is 65.2 Å². The first-order valence-electron chi connectivity index (χ1n) is 7.51. The van der Waals surface area contributed by atoms with E-state index >= 15 is 0 Å². The Bertz CT molecular complexity index is 631. The van der Waals surface area contributed by atoms with E-state index in [1.54, 1.807) is 0 Å². The van der Waals surface area contributed by atoms with Crippen LogP contribution < -0.4 is 4.74 Å². The number of fused-ring (bicyclic) bond motifs is 1. The van der Waals surface area contributed by atoms with E-state index in [4.69, 9.17) is 4.74 Å². The van der Waals surface area contributed by atoms with Crippen molar-refractivity contribution in [3.8, 4) is 5.75 Å². The number of aliphatic hydroxyl groups is 1. The molecule has 2 nitrogen and oxygen atoms in total. The molecule has 0 spiro atoms. The van der Waals surface area contributed by atoms with Gasteiger partial charge in [-0.2, -0.15) is 0 Å². The first-order chi connectivity index (χ1) is 9.98. The minimum absolute atomic E-state index is 0.231. The molecule has 1 heterocycles. The Morgan fingerprint density at radius 2 is 1.86 bits per heavy atom. The molecule has 0 saturated carbocycles. The van der Waals surface area contributed by atoms with Crippen molar-refractivity contribution in [1.29, 1.82) is 0 Å². The number of benzene rings is 2. The van der Waals surface area contributed by atoms with Crippen molar-refractivity contribution in [2.75, 3.05) is 0 Å². The Morgan fingerprint density at radius 3 is 2.57 bits per heavy atom. The lowest BCUT2D eigenvalue weighted by atomic mass is 9.76. The third-order valence-electron chi connectivity index (χ3n) is 4.44. The Balaban J connectivity index is 1.92. The minimum atomic E-state index is -0.541. The molecule has 2 unspecified atom stereocenters. The molecule has 1 aliphatic heterocycles. The molecule has 2 atom stereocenters. The first kappa shape index (κ1) is 14.2. The smallest absolute Gasteiger partial charge is 0.123 e. The van der Waals surface area contributed by atoms with Crippen LogP contribution in [-0.4, -0.2) is 11.2 Å². The largest absolute Gasteiger partial charge is 0.490 e. The highest BCUT2D eigenvalue weighted by atomic mass is 16.5. The topological polar surface area (TPSA) is 29.5 Å². The van der Waals surface area contributed by atoms with Crippen LogP contribution in [0, 0.1) is 0 Å². The van der Waals surface area contributed by atoms with Gasteiger partial charge >= 0.3 is 0 Å². The number of hydrogen-bond donors (Lipinski definition) is 1. The Morgan fingerprint density at radius 1 is 1.14 bits per heavy atom. The van der Waals surface area contributed by atoms with Crippen molar-refractivity contribution >= 4 is 0 Å². The van der Waals surface area contributed by atoms with E-state index in [1.807, 2.05) is 30.3 Å². The summed E-state index contributed by atoms with van der Waals surface area (Å²) >= 11 is 0. The van der Waals surface area contributed by atoms with Crippen LogP contribution in [0.25, 0.3) is 0 Å². The van der Waals surface area contributed by atoms with Crippen LogP contribution in [0.3, 0.4) is 0 Å². The van der Waals surface area contributed by atoms with E-state index in [1.165, 1.54) is 5.56 Å². The van der Waals surface area contributed by atoms with Crippen LogP contribution in [-0.2, 0) is 11.8 Å². The number of hydrogen-bond acceptors (Lipinski definition) is 2. The maximum atomic E-state index is 10.9. The fourth-order valence-corrected chi connectivity index (χ4v) is 3.05. The summed E-state index contributed by atoms with van der Waals surface area (Å²) in [5.41, 5.74) is 2.96. The van der Waals surface area contributed by atoms with Crippen LogP contribution in [0.15, 0.2) is 48.5 Å². The summed E-state index contributed by atoms with van der Waals surface area (Å²) in [6.07, 6.45) is 0.609. The fourth-order valence-electron chi connectivity index (χ4n) is 3.05. The fraction of sp³-hybridized carbons (Fsp3) is 0.368. The van der Waals surface area contributed by atoms with Gasteiger partial charge in [-0.25, -0.2) is 0 Å². The maximum absolute atomic E-state index is 10.9. The van der Waals surface area contributed by atoms with Crippen LogP contribution in [0.2, 0.25) is 0 Å². The zero-order chi connectivity index (χ0) is 15.0. The van der Waals surface area contributed by atoms with Gasteiger partial charge in [0.2, 0.25) is 0 Å². The predicted molar refractivity (Wildman–Crippen MR) is 84.7 cm³/mol. The number of ether oxygens (including phenoxy) is 1. The van der Waals surface area contributed by atoms with Crippen molar-refractivity contribution in [2.45, 2.75) is 44.8 Å². The molecule has 2 aromatic rings. The normalized spacial score (nSPS) is 19.0. The second-order valence-electron chi connectivity index (χ2n) is 6.49. The summed E-state index contributed by atoms with van der Waals surface area (Å²) < 4.78 is 5.73. The highest BCUT2D eigenvalue weighted by Crippen LogP contribution is 2.39. The molecule has 21 heavy (non-hydrogen) atoms. The third kappa shape index (κ3) is 2.56. The summed E-state index contributed by atoms with van der Waals surface area (Å²) in [6, 6.07) is 16.2. The van der Waals surface area contributed by atoms with E-state index < -0.39 is 6.10 Å². The van der Waals surface area contributed by atoms with E-state index in [0.29, 0.717) is 0 Å². The Kier molecular flexibility index (Phi) is 3.50. The molecule has 1 aliphatic rings. The quantitative estimate of drug-likeness (QED) is 0.921. The average Bonchev–Trinajstić information content (AvgIpc) is 2.86. The van der Waals surface area contributed by atoms with Gasteiger partial charge in [0.25, 0.3) is 0 Å². The first-order valence-corrected chi connectivity index (χ1v) is 7.51. The molecular weight excluding hydrogens is 260 g/mol. The monoisotopic (exact) mass is 282 g/mol. The molecule has 0 amide bonds. The molecule has 0 aromatic heterocycles. The van der Waals surface area contributed by atoms with Gasteiger partial charge in [-0.3, -0.25) is 0 Å². The van der Waals surface area contributed by atoms with Gasteiger partial charge in [-0.15, -0.1) is 0 Å². The van der Waals surface area contributed by atoms with E-state index in [0.717, 1.165) is 23.3 Å². The molecule has 2 heteroatoms. The molecule has 3 rings (SSSR count). The van der Waals surface area contributed by atoms with Gasteiger partial charge in [0.05, 0.1) is 6.10 Å². The predicted octanol–water partition coefficient (Wildman–Crippen LogP) is 4.02. The van der Waals surface area contributed by atoms with Gasteiger partial charge in [0, 0.05) is 11.8 Å². The number of rotatable bonds is 3. The minimum Gasteiger partial charge on any atom is -0.490 e. The second-order valence-corrected chi connectivity index (χ2v) is 6.49. The summed E-state index contributed by atoms with van der Waals surface area (Å²) in [5.74, 6) is 0.955. The average molecular weight is 282 g/mol. The van der Waals surface area contributed by atoms with Crippen LogP contribution in [0.1, 0.15) is 43.6 Å². The van der Waals surface area contributed by atoms with Crippen LogP contribution in [0.4, 0.5) is 0 Å². The highest BCUT2D eigenvalue weighted by molar-refractivity contribution is 5.42. The second kappa shape index (κ2) is 5.19. The van der Waals surface area contributed by atoms with Gasteiger partial charge < -0.3 is 9.84 Å². The molecule has 0 fully saturated rings. The van der Waals surface area contributed by atoms with E-state index in [-0.39, 0.29) is 11.5 Å². The van der Waals surface area contributed by atoms with Crippen molar-refractivity contribution in [2.24, 2.45) is 0 Å². The summed E-state index contributed by atoms with van der Waals surface area (Å²) in [7, 11) is 0. The van der Waals surface area contributed by atoms with E-state index in [2.05, 4.69) is 39.0 Å². The summed E-state index contributed by atoms with van der Waals surface area (Å²) in [6.45, 7) is 6.24. The lowest BCUT2D eigenvalue weighted by molar-refractivity contribution is 0.100. The molecule has 0 aliphatic carbocycles. The molecule has 0 radical (unpaired) electrons. The van der Waals surface area contributed by atoms with Gasteiger partial charge in [0.1, 0.15) is 11.9 Å².